The summed E-state index contributed by atoms with van der Waals surface area (Å²) in [7, 11) is 0. The molecule has 1 aliphatic heterocycles. The standard InChI is InChI=1S/C4H8O/c1-2-4-5-3-1/h1-4H2/q+1. The van der Waals surface area contributed by atoms with Crippen LogP contribution in [0.3, 0.4) is 0 Å². The van der Waals surface area contributed by atoms with Gasteiger partial charge in [0, 0.05) is 12.8 Å². The topological polar surface area (TPSA) is 11.3 Å². The normalized spacial score (nSPS) is 24.0. The predicted octanol–water partition coefficient (Wildman–Crippen LogP) is 0.797. The Labute approximate surface area is 31.9 Å². The lowest BCUT2D eigenvalue weighted by Gasteiger charge is -1.57. The van der Waals surface area contributed by atoms with Crippen molar-refractivity contribution in [2.45, 2.75) is 12.8 Å². The molecular weight excluding hydrogens is 64.0 g/mol. The molecule has 1 fully saturated rings. The van der Waals surface area contributed by atoms with Gasteiger partial charge in [-0.1, -0.05) is 0 Å². The summed E-state index contributed by atoms with van der Waals surface area (Å²) < 4.78 is 4.94. The van der Waals surface area contributed by atoms with E-state index in [2.05, 4.69) is 0 Å². The summed E-state index contributed by atoms with van der Waals surface area (Å²) in [5.41, 5.74) is 0. The van der Waals surface area contributed by atoms with E-state index in [1.165, 1.54) is 12.8 Å². The van der Waals surface area contributed by atoms with Gasteiger partial charge in [-0.2, -0.15) is 0 Å². The first-order valence-electron chi connectivity index (χ1n) is 2.08. The second kappa shape index (κ2) is 1.41. The maximum Gasteiger partial charge on any atom is 0.220 e. The van der Waals surface area contributed by atoms with Gasteiger partial charge in [-0.3, -0.25) is 0 Å². The molecule has 29 valence electrons. The smallest absolute Gasteiger partial charge is 0.144 e. The second-order valence-corrected chi connectivity index (χ2v) is 1.32. The van der Waals surface area contributed by atoms with Gasteiger partial charge >= 0.3 is 0 Å². The van der Waals surface area contributed by atoms with Gasteiger partial charge in [0.1, 0.15) is 0 Å². The minimum atomic E-state index is 1.00. The highest BCUT2D eigenvalue weighted by atomic mass is 16.5. The van der Waals surface area contributed by atoms with Gasteiger partial charge in [-0.25, -0.2) is 0 Å². The lowest BCUT2D eigenvalue weighted by molar-refractivity contribution is 0.198. The molecule has 0 spiro atoms. The molecule has 1 nitrogen and oxygen atoms in total. The lowest BCUT2D eigenvalue weighted by Crippen LogP contribution is -1.74. The third-order valence-electron chi connectivity index (χ3n) is 0.827. The quantitative estimate of drug-likeness (QED) is 0.385. The van der Waals surface area contributed by atoms with Gasteiger partial charge < -0.3 is 0 Å². The average Bonchev–Trinajstić information content (AvgIpc) is 1.76. The van der Waals surface area contributed by atoms with Crippen LogP contribution in [0.4, 0.5) is 0 Å². The molecule has 0 aromatic carbocycles. The molecule has 0 aliphatic carbocycles. The fourth-order valence-electron chi connectivity index (χ4n) is 0.510. The maximum atomic E-state index is 4.94. The van der Waals surface area contributed by atoms with Crippen molar-refractivity contribution >= 4 is 0 Å². The summed E-state index contributed by atoms with van der Waals surface area (Å²) in [4.78, 5) is 0. The van der Waals surface area contributed by atoms with Crippen molar-refractivity contribution in [3.63, 3.8) is 0 Å². The molecular formula is C4H8O+. The molecule has 1 heterocycles. The van der Waals surface area contributed by atoms with Gasteiger partial charge in [0.15, 0.2) is 0 Å². The zero-order chi connectivity index (χ0) is 3.54. The van der Waals surface area contributed by atoms with Crippen LogP contribution in [0.15, 0.2) is 0 Å². The highest BCUT2D eigenvalue weighted by molar-refractivity contribution is 4.43. The van der Waals surface area contributed by atoms with Crippen LogP contribution >= 0.6 is 0 Å². The second-order valence-electron chi connectivity index (χ2n) is 1.32. The highest BCUT2D eigenvalue weighted by Gasteiger charge is 2.08. The highest BCUT2D eigenvalue weighted by Crippen LogP contribution is 1.98. The SMILES string of the molecule is C1CC[O+]C1. The summed E-state index contributed by atoms with van der Waals surface area (Å²) >= 11 is 0. The van der Waals surface area contributed by atoms with E-state index in [1.807, 2.05) is 0 Å². The molecule has 0 atom stereocenters. The third-order valence-corrected chi connectivity index (χ3v) is 0.827. The molecule has 0 aromatic heterocycles. The van der Waals surface area contributed by atoms with E-state index in [0.717, 1.165) is 13.2 Å². The van der Waals surface area contributed by atoms with E-state index in [4.69, 9.17) is 4.74 Å². The Kier molecular flexibility index (Phi) is 0.892. The number of rotatable bonds is 0. The summed E-state index contributed by atoms with van der Waals surface area (Å²) in [5, 5.41) is 0. The molecule has 0 unspecified atom stereocenters. The largest absolute Gasteiger partial charge is 0.220 e. The summed E-state index contributed by atoms with van der Waals surface area (Å²) in [6, 6.07) is 0. The monoisotopic (exact) mass is 72.1 g/mol. The number of ether oxygens (including phenoxy) is 1. The van der Waals surface area contributed by atoms with E-state index >= 15 is 0 Å². The molecule has 1 radical (unpaired) electrons. The first kappa shape index (κ1) is 3.16. The Morgan fingerprint density at radius 2 is 1.60 bits per heavy atom. The molecule has 0 aromatic rings. The molecule has 5 heavy (non-hydrogen) atoms. The molecule has 1 heteroatoms. The molecule has 1 rings (SSSR count). The molecule has 1 saturated heterocycles. The Morgan fingerprint density at radius 3 is 1.80 bits per heavy atom. The van der Waals surface area contributed by atoms with E-state index in [1.54, 1.807) is 0 Å². The van der Waals surface area contributed by atoms with Crippen LogP contribution in [0.5, 0.6) is 0 Å². The Hall–Kier alpha value is -0.0400. The third kappa shape index (κ3) is 0.618. The Morgan fingerprint density at radius 1 is 1.00 bits per heavy atom. The fourth-order valence-corrected chi connectivity index (χ4v) is 0.510. The van der Waals surface area contributed by atoms with Crippen molar-refractivity contribution in [1.29, 1.82) is 0 Å². The van der Waals surface area contributed by atoms with Crippen LogP contribution in [-0.4, -0.2) is 13.2 Å². The van der Waals surface area contributed by atoms with E-state index < -0.39 is 0 Å². The van der Waals surface area contributed by atoms with Crippen molar-refractivity contribution in [3.8, 4) is 0 Å². The van der Waals surface area contributed by atoms with Crippen LogP contribution in [0.1, 0.15) is 12.8 Å². The minimum absolute atomic E-state index is 1.00. The van der Waals surface area contributed by atoms with Crippen LogP contribution in [0.25, 0.3) is 0 Å². The fraction of sp³-hybridized carbons (Fsp3) is 1.00. The van der Waals surface area contributed by atoms with Crippen molar-refractivity contribution in [1.82, 2.24) is 0 Å². The molecule has 0 N–H and O–H groups in total. The van der Waals surface area contributed by atoms with Gasteiger partial charge in [0.05, 0.1) is 0 Å². The summed E-state index contributed by atoms with van der Waals surface area (Å²) in [6.45, 7) is 2.00. The van der Waals surface area contributed by atoms with Gasteiger partial charge in [0.25, 0.3) is 0 Å². The van der Waals surface area contributed by atoms with E-state index in [9.17, 15) is 0 Å². The summed E-state index contributed by atoms with van der Waals surface area (Å²) in [6.07, 6.45) is 2.56. The average molecular weight is 72.1 g/mol. The van der Waals surface area contributed by atoms with Crippen molar-refractivity contribution < 1.29 is 4.74 Å². The van der Waals surface area contributed by atoms with Crippen molar-refractivity contribution in [2.75, 3.05) is 13.2 Å². The van der Waals surface area contributed by atoms with Crippen LogP contribution in [0.2, 0.25) is 0 Å². The van der Waals surface area contributed by atoms with Crippen LogP contribution in [0, 0.1) is 0 Å². The lowest BCUT2D eigenvalue weighted by atomic mass is 10.4. The van der Waals surface area contributed by atoms with Gasteiger partial charge in [-0.15, -0.1) is 4.74 Å². The molecule has 0 amide bonds. The maximum absolute atomic E-state index is 4.94. The zero-order valence-corrected chi connectivity index (χ0v) is 3.24. The Balaban J connectivity index is 2.08. The molecule has 1 aliphatic rings. The van der Waals surface area contributed by atoms with Crippen LogP contribution < -0.4 is 0 Å². The number of hydrogen-bond donors (Lipinski definition) is 0. The molecule has 0 saturated carbocycles. The zero-order valence-electron chi connectivity index (χ0n) is 3.24. The van der Waals surface area contributed by atoms with Gasteiger partial charge in [-0.05, 0) is 0 Å². The van der Waals surface area contributed by atoms with Gasteiger partial charge in [0.2, 0.25) is 13.2 Å². The first-order valence-corrected chi connectivity index (χ1v) is 2.08. The summed E-state index contributed by atoms with van der Waals surface area (Å²) in [5.74, 6) is 0. The number of hydrogen-bond acceptors (Lipinski definition) is 1. The Bertz CT molecular complexity index is 15.2. The van der Waals surface area contributed by atoms with Crippen LogP contribution in [-0.2, 0) is 4.74 Å². The van der Waals surface area contributed by atoms with E-state index in [0.29, 0.717) is 0 Å². The predicted molar refractivity (Wildman–Crippen MR) is 20.1 cm³/mol. The van der Waals surface area contributed by atoms with Crippen molar-refractivity contribution in [3.05, 3.63) is 0 Å². The van der Waals surface area contributed by atoms with E-state index in [-0.39, 0.29) is 0 Å². The molecule has 0 bridgehead atoms. The first-order chi connectivity index (χ1) is 2.50. The minimum Gasteiger partial charge on any atom is -0.144 e. The van der Waals surface area contributed by atoms with Crippen molar-refractivity contribution in [2.24, 2.45) is 0 Å².